The van der Waals surface area contributed by atoms with Crippen molar-refractivity contribution in [1.29, 1.82) is 0 Å². The number of benzene rings is 1. The van der Waals surface area contributed by atoms with E-state index >= 15 is 0 Å². The van der Waals surface area contributed by atoms with Crippen LogP contribution in [0.5, 0.6) is 0 Å². The maximum absolute atomic E-state index is 13.0. The lowest BCUT2D eigenvalue weighted by molar-refractivity contribution is 0.0600. The van der Waals surface area contributed by atoms with E-state index in [1.807, 2.05) is 0 Å². The van der Waals surface area contributed by atoms with Crippen LogP contribution in [-0.2, 0) is 4.74 Å². The molecule has 0 spiro atoms. The van der Waals surface area contributed by atoms with E-state index in [0.29, 0.717) is 22.5 Å². The van der Waals surface area contributed by atoms with E-state index in [1.54, 1.807) is 24.3 Å². The lowest BCUT2D eigenvalue weighted by atomic mass is 10.1. The number of nitrogen functional groups attached to an aromatic ring is 1. The minimum Gasteiger partial charge on any atom is -0.465 e. The number of ether oxygens (including phenoxy) is 1. The summed E-state index contributed by atoms with van der Waals surface area (Å²) in [6, 6.07) is 10.7. The van der Waals surface area contributed by atoms with Crippen molar-refractivity contribution >= 4 is 23.3 Å². The Morgan fingerprint density at radius 1 is 1.04 bits per heavy atom. The number of pyridine rings is 2. The lowest BCUT2D eigenvalue weighted by Gasteiger charge is -2.10. The number of amides is 1. The molecule has 1 aromatic carbocycles. The number of anilines is 2. The number of halogens is 1. The molecule has 3 rings (SSSR count). The molecule has 136 valence electrons. The first-order valence-electron chi connectivity index (χ1n) is 7.85. The molecule has 0 atom stereocenters. The van der Waals surface area contributed by atoms with Gasteiger partial charge in [0.15, 0.2) is 0 Å². The Morgan fingerprint density at radius 3 is 2.44 bits per heavy atom. The SMILES string of the molecule is COC(=O)c1ccc(C(=O)Nc2cc(-c3ccc(F)nc3)ccc2N)nc1. The van der Waals surface area contributed by atoms with Gasteiger partial charge in [0.25, 0.3) is 5.91 Å². The van der Waals surface area contributed by atoms with Crippen molar-refractivity contribution in [3.05, 3.63) is 72.1 Å². The summed E-state index contributed by atoms with van der Waals surface area (Å²) in [7, 11) is 1.26. The second-order valence-electron chi connectivity index (χ2n) is 5.55. The van der Waals surface area contributed by atoms with E-state index in [1.165, 1.54) is 37.7 Å². The first kappa shape index (κ1) is 18.0. The van der Waals surface area contributed by atoms with Gasteiger partial charge in [-0.25, -0.2) is 9.78 Å². The van der Waals surface area contributed by atoms with Crippen molar-refractivity contribution in [2.45, 2.75) is 0 Å². The van der Waals surface area contributed by atoms with E-state index in [9.17, 15) is 14.0 Å². The largest absolute Gasteiger partial charge is 0.465 e. The number of rotatable bonds is 4. The molecule has 3 aromatic rings. The van der Waals surface area contributed by atoms with E-state index in [2.05, 4.69) is 20.0 Å². The summed E-state index contributed by atoms with van der Waals surface area (Å²) in [5.74, 6) is -1.61. The van der Waals surface area contributed by atoms with E-state index in [4.69, 9.17) is 5.73 Å². The van der Waals surface area contributed by atoms with Gasteiger partial charge in [-0.05, 0) is 42.0 Å². The summed E-state index contributed by atoms with van der Waals surface area (Å²) >= 11 is 0. The predicted octanol–water partition coefficient (Wildman–Crippen LogP) is 2.90. The fourth-order valence-corrected chi connectivity index (χ4v) is 2.34. The first-order valence-corrected chi connectivity index (χ1v) is 7.85. The Labute approximate surface area is 154 Å². The maximum Gasteiger partial charge on any atom is 0.339 e. The topological polar surface area (TPSA) is 107 Å². The summed E-state index contributed by atoms with van der Waals surface area (Å²) in [5, 5.41) is 2.67. The van der Waals surface area contributed by atoms with Crippen LogP contribution < -0.4 is 11.1 Å². The van der Waals surface area contributed by atoms with Crippen molar-refractivity contribution in [3.8, 4) is 11.1 Å². The van der Waals surface area contributed by atoms with Gasteiger partial charge in [0.2, 0.25) is 5.95 Å². The first-order chi connectivity index (χ1) is 13.0. The molecule has 0 bridgehead atoms. The minimum atomic E-state index is -0.579. The Hall–Kier alpha value is -3.81. The highest BCUT2D eigenvalue weighted by Gasteiger charge is 2.13. The van der Waals surface area contributed by atoms with Crippen LogP contribution in [0.15, 0.2) is 54.9 Å². The van der Waals surface area contributed by atoms with Gasteiger partial charge in [-0.3, -0.25) is 9.78 Å². The number of hydrogen-bond donors (Lipinski definition) is 2. The number of nitrogens with two attached hydrogens (primary N) is 1. The average Bonchev–Trinajstić information content (AvgIpc) is 2.69. The molecule has 0 radical (unpaired) electrons. The third-order valence-corrected chi connectivity index (χ3v) is 3.78. The Morgan fingerprint density at radius 2 is 1.81 bits per heavy atom. The van der Waals surface area contributed by atoms with Crippen LogP contribution in [0, 0.1) is 5.95 Å². The van der Waals surface area contributed by atoms with Gasteiger partial charge in [0.05, 0.1) is 24.0 Å². The second-order valence-corrected chi connectivity index (χ2v) is 5.55. The smallest absolute Gasteiger partial charge is 0.339 e. The van der Waals surface area contributed by atoms with Crippen LogP contribution in [-0.4, -0.2) is 29.0 Å². The second kappa shape index (κ2) is 7.61. The molecule has 27 heavy (non-hydrogen) atoms. The zero-order valence-electron chi connectivity index (χ0n) is 14.3. The number of nitrogens with zero attached hydrogens (tertiary/aromatic N) is 2. The molecule has 0 unspecified atom stereocenters. The lowest BCUT2D eigenvalue weighted by Crippen LogP contribution is -2.15. The van der Waals surface area contributed by atoms with Gasteiger partial charge in [-0.1, -0.05) is 6.07 Å². The number of methoxy groups -OCH3 is 1. The molecule has 0 aliphatic carbocycles. The summed E-state index contributed by atoms with van der Waals surface area (Å²) in [6.45, 7) is 0. The quantitative estimate of drug-likeness (QED) is 0.418. The number of hydrogen-bond acceptors (Lipinski definition) is 6. The average molecular weight is 366 g/mol. The van der Waals surface area contributed by atoms with Crippen molar-refractivity contribution in [2.24, 2.45) is 0 Å². The highest BCUT2D eigenvalue weighted by molar-refractivity contribution is 6.05. The number of carbonyl (C=O) groups is 2. The molecular weight excluding hydrogens is 351 g/mol. The van der Waals surface area contributed by atoms with Crippen LogP contribution >= 0.6 is 0 Å². The summed E-state index contributed by atoms with van der Waals surface area (Å²) in [4.78, 5) is 31.4. The van der Waals surface area contributed by atoms with E-state index in [-0.39, 0.29) is 11.3 Å². The number of aromatic nitrogens is 2. The van der Waals surface area contributed by atoms with Crippen molar-refractivity contribution in [3.63, 3.8) is 0 Å². The van der Waals surface area contributed by atoms with Gasteiger partial charge < -0.3 is 15.8 Å². The summed E-state index contributed by atoms with van der Waals surface area (Å²) in [6.07, 6.45) is 2.64. The fourth-order valence-electron chi connectivity index (χ4n) is 2.34. The normalized spacial score (nSPS) is 10.3. The Kier molecular flexibility index (Phi) is 5.07. The molecule has 8 heteroatoms. The highest BCUT2D eigenvalue weighted by Crippen LogP contribution is 2.27. The van der Waals surface area contributed by atoms with Crippen LogP contribution in [0.4, 0.5) is 15.8 Å². The van der Waals surface area contributed by atoms with E-state index in [0.717, 1.165) is 0 Å². The minimum absolute atomic E-state index is 0.107. The van der Waals surface area contributed by atoms with Gasteiger partial charge >= 0.3 is 5.97 Å². The molecule has 0 fully saturated rings. The molecule has 1 amide bonds. The van der Waals surface area contributed by atoms with Gasteiger partial charge in [0.1, 0.15) is 5.69 Å². The summed E-state index contributed by atoms with van der Waals surface area (Å²) in [5.41, 5.74) is 8.38. The van der Waals surface area contributed by atoms with Crippen LogP contribution in [0.2, 0.25) is 0 Å². The van der Waals surface area contributed by atoms with Crippen molar-refractivity contribution in [2.75, 3.05) is 18.2 Å². The third kappa shape index (κ3) is 4.06. The highest BCUT2D eigenvalue weighted by atomic mass is 19.1. The molecule has 3 N–H and O–H groups in total. The van der Waals surface area contributed by atoms with Crippen LogP contribution in [0.25, 0.3) is 11.1 Å². The van der Waals surface area contributed by atoms with Crippen LogP contribution in [0.1, 0.15) is 20.8 Å². The maximum atomic E-state index is 13.0. The molecular formula is C19H15FN4O3. The van der Waals surface area contributed by atoms with Crippen LogP contribution in [0.3, 0.4) is 0 Å². The Balaban J connectivity index is 1.82. The molecule has 0 saturated heterocycles. The van der Waals surface area contributed by atoms with Gasteiger partial charge in [0, 0.05) is 18.0 Å². The standard InChI is InChI=1S/C19H15FN4O3/c1-27-19(26)13-3-6-15(22-10-13)18(25)24-16-8-11(2-5-14(16)21)12-4-7-17(20)23-9-12/h2-10H,21H2,1H3,(H,24,25). The third-order valence-electron chi connectivity index (χ3n) is 3.78. The van der Waals surface area contributed by atoms with Gasteiger partial charge in [-0.15, -0.1) is 0 Å². The zero-order valence-corrected chi connectivity index (χ0v) is 14.3. The predicted molar refractivity (Wildman–Crippen MR) is 97.6 cm³/mol. The van der Waals surface area contributed by atoms with E-state index < -0.39 is 17.8 Å². The molecule has 0 aliphatic heterocycles. The molecule has 0 saturated carbocycles. The monoisotopic (exact) mass is 366 g/mol. The number of esters is 1. The zero-order chi connectivity index (χ0) is 19.4. The Bertz CT molecular complexity index is 989. The summed E-state index contributed by atoms with van der Waals surface area (Å²) < 4.78 is 17.6. The fraction of sp³-hybridized carbons (Fsp3) is 0.0526. The van der Waals surface area contributed by atoms with Crippen molar-refractivity contribution < 1.29 is 18.7 Å². The molecule has 2 aromatic heterocycles. The molecule has 2 heterocycles. The molecule has 0 aliphatic rings. The molecule has 7 nitrogen and oxygen atoms in total. The van der Waals surface area contributed by atoms with Crippen molar-refractivity contribution in [1.82, 2.24) is 9.97 Å². The van der Waals surface area contributed by atoms with Gasteiger partial charge in [-0.2, -0.15) is 4.39 Å². The number of carbonyl (C=O) groups excluding carboxylic acids is 2. The number of nitrogens with one attached hydrogen (secondary N) is 1.